The van der Waals surface area contributed by atoms with E-state index in [0.29, 0.717) is 11.4 Å². The maximum atomic E-state index is 11.9. The van der Waals surface area contributed by atoms with Crippen molar-refractivity contribution in [1.82, 2.24) is 4.98 Å². The van der Waals surface area contributed by atoms with Gasteiger partial charge in [-0.15, -0.1) is 0 Å². The first-order valence-electron chi connectivity index (χ1n) is 5.75. The van der Waals surface area contributed by atoms with E-state index >= 15 is 0 Å². The summed E-state index contributed by atoms with van der Waals surface area (Å²) in [6.07, 6.45) is 1.74. The molecule has 0 atom stereocenters. The molecule has 0 unspecified atom stereocenters. The molecule has 2 aromatic rings. The van der Waals surface area contributed by atoms with E-state index in [0.717, 1.165) is 10.0 Å². The van der Waals surface area contributed by atoms with Crippen molar-refractivity contribution >= 4 is 27.7 Å². The molecule has 2 rings (SSSR count). The van der Waals surface area contributed by atoms with Crippen molar-refractivity contribution in [3.8, 4) is 5.75 Å². The largest absolute Gasteiger partial charge is 0.508 e. The fraction of sp³-hybridized carbons (Fsp3) is 0.143. The topological polar surface area (TPSA) is 62.2 Å². The molecule has 19 heavy (non-hydrogen) atoms. The number of amides is 1. The highest BCUT2D eigenvalue weighted by Gasteiger charge is 2.09. The number of aromatic nitrogens is 1. The number of pyridine rings is 1. The molecular weight excluding hydrogens is 308 g/mol. The number of carbonyl (C=O) groups excluding carboxylic acids is 1. The number of nitrogens with zero attached hydrogens (tertiary/aromatic N) is 1. The third kappa shape index (κ3) is 3.54. The number of rotatable bonds is 3. The van der Waals surface area contributed by atoms with Gasteiger partial charge in [-0.25, -0.2) is 4.98 Å². The zero-order valence-corrected chi connectivity index (χ0v) is 11.9. The van der Waals surface area contributed by atoms with Crippen molar-refractivity contribution in [3.63, 3.8) is 0 Å². The molecule has 0 spiro atoms. The molecular formula is C14H13BrN2O2. The van der Waals surface area contributed by atoms with Crippen LogP contribution in [0.25, 0.3) is 0 Å². The lowest BCUT2D eigenvalue weighted by atomic mass is 10.1. The van der Waals surface area contributed by atoms with Crippen molar-refractivity contribution < 1.29 is 9.90 Å². The SMILES string of the molecule is Cc1cc(Br)cnc1NC(=O)Cc1ccccc1O. The zero-order valence-electron chi connectivity index (χ0n) is 10.4. The van der Waals surface area contributed by atoms with Gasteiger partial charge in [-0.3, -0.25) is 4.79 Å². The molecule has 2 N–H and O–H groups in total. The molecule has 0 aliphatic carbocycles. The monoisotopic (exact) mass is 320 g/mol. The van der Waals surface area contributed by atoms with Crippen LogP contribution in [0.3, 0.4) is 0 Å². The Bertz CT molecular complexity index is 614. The fourth-order valence-corrected chi connectivity index (χ4v) is 2.13. The van der Waals surface area contributed by atoms with Crippen LogP contribution in [0.15, 0.2) is 41.0 Å². The first kappa shape index (κ1) is 13.5. The quantitative estimate of drug-likeness (QED) is 0.913. The smallest absolute Gasteiger partial charge is 0.230 e. The van der Waals surface area contributed by atoms with Crippen LogP contribution in [-0.4, -0.2) is 16.0 Å². The van der Waals surface area contributed by atoms with Crippen LogP contribution in [0.5, 0.6) is 5.75 Å². The number of hydrogen-bond donors (Lipinski definition) is 2. The minimum Gasteiger partial charge on any atom is -0.508 e. The maximum absolute atomic E-state index is 11.9. The van der Waals surface area contributed by atoms with E-state index in [2.05, 4.69) is 26.2 Å². The summed E-state index contributed by atoms with van der Waals surface area (Å²) in [6, 6.07) is 8.66. The Morgan fingerprint density at radius 1 is 1.42 bits per heavy atom. The molecule has 98 valence electrons. The standard InChI is InChI=1S/C14H13BrN2O2/c1-9-6-11(15)8-16-14(9)17-13(19)7-10-4-2-3-5-12(10)18/h2-6,8,18H,7H2,1H3,(H,16,17,19). The number of benzene rings is 1. The molecule has 0 aliphatic heterocycles. The van der Waals surface area contributed by atoms with E-state index in [9.17, 15) is 9.90 Å². The maximum Gasteiger partial charge on any atom is 0.230 e. The summed E-state index contributed by atoms with van der Waals surface area (Å²) in [7, 11) is 0. The summed E-state index contributed by atoms with van der Waals surface area (Å²) < 4.78 is 0.865. The van der Waals surface area contributed by atoms with Gasteiger partial charge in [0.05, 0.1) is 6.42 Å². The third-order valence-corrected chi connectivity index (χ3v) is 3.08. The summed E-state index contributed by atoms with van der Waals surface area (Å²) in [4.78, 5) is 16.0. The second kappa shape index (κ2) is 5.84. The molecule has 5 heteroatoms. The zero-order chi connectivity index (χ0) is 13.8. The van der Waals surface area contributed by atoms with Gasteiger partial charge >= 0.3 is 0 Å². The highest BCUT2D eigenvalue weighted by atomic mass is 79.9. The molecule has 1 heterocycles. The van der Waals surface area contributed by atoms with Crippen LogP contribution in [0.1, 0.15) is 11.1 Å². The van der Waals surface area contributed by atoms with Crippen molar-refractivity contribution in [2.24, 2.45) is 0 Å². The van der Waals surface area contributed by atoms with Crippen LogP contribution in [-0.2, 0) is 11.2 Å². The molecule has 1 aromatic carbocycles. The molecule has 1 amide bonds. The minimum absolute atomic E-state index is 0.115. The number of hydrogen-bond acceptors (Lipinski definition) is 3. The average Bonchev–Trinajstić information content (AvgIpc) is 2.36. The lowest BCUT2D eigenvalue weighted by molar-refractivity contribution is -0.115. The number of nitrogens with one attached hydrogen (secondary N) is 1. The van der Waals surface area contributed by atoms with Crippen molar-refractivity contribution in [2.75, 3.05) is 5.32 Å². The second-order valence-electron chi connectivity index (χ2n) is 4.17. The Morgan fingerprint density at radius 2 is 2.16 bits per heavy atom. The lowest BCUT2D eigenvalue weighted by Crippen LogP contribution is -2.16. The first-order chi connectivity index (χ1) is 9.06. The Kier molecular flexibility index (Phi) is 4.16. The number of carbonyl (C=O) groups is 1. The van der Waals surface area contributed by atoms with Crippen molar-refractivity contribution in [3.05, 3.63) is 52.1 Å². The Labute approximate surface area is 119 Å². The van der Waals surface area contributed by atoms with E-state index in [1.807, 2.05) is 13.0 Å². The summed E-state index contributed by atoms with van der Waals surface area (Å²) >= 11 is 3.32. The van der Waals surface area contributed by atoms with E-state index in [1.54, 1.807) is 30.5 Å². The van der Waals surface area contributed by atoms with E-state index < -0.39 is 0 Å². The summed E-state index contributed by atoms with van der Waals surface area (Å²) in [5, 5.41) is 12.3. The normalized spacial score (nSPS) is 10.2. The first-order valence-corrected chi connectivity index (χ1v) is 6.54. The summed E-state index contributed by atoms with van der Waals surface area (Å²) in [6.45, 7) is 1.87. The van der Waals surface area contributed by atoms with E-state index in [1.165, 1.54) is 0 Å². The molecule has 4 nitrogen and oxygen atoms in total. The summed E-state index contributed by atoms with van der Waals surface area (Å²) in [5.74, 6) is 0.446. The molecule has 0 radical (unpaired) electrons. The Hall–Kier alpha value is -1.88. The number of halogens is 1. The van der Waals surface area contributed by atoms with Crippen molar-refractivity contribution in [2.45, 2.75) is 13.3 Å². The van der Waals surface area contributed by atoms with Gasteiger partial charge < -0.3 is 10.4 Å². The Morgan fingerprint density at radius 3 is 2.84 bits per heavy atom. The number of aryl methyl sites for hydroxylation is 1. The second-order valence-corrected chi connectivity index (χ2v) is 5.09. The molecule has 0 fully saturated rings. The molecule has 1 aromatic heterocycles. The molecule has 0 aliphatic rings. The highest BCUT2D eigenvalue weighted by molar-refractivity contribution is 9.10. The number of phenols is 1. The number of aromatic hydroxyl groups is 1. The van der Waals surface area contributed by atoms with Gasteiger partial charge in [-0.1, -0.05) is 18.2 Å². The van der Waals surface area contributed by atoms with Gasteiger partial charge in [0.2, 0.25) is 5.91 Å². The number of anilines is 1. The predicted octanol–water partition coefficient (Wildman–Crippen LogP) is 3.04. The molecule has 0 bridgehead atoms. The Balaban J connectivity index is 2.08. The van der Waals surface area contributed by atoms with Gasteiger partial charge in [0.1, 0.15) is 11.6 Å². The van der Waals surface area contributed by atoms with Crippen molar-refractivity contribution in [1.29, 1.82) is 0 Å². The van der Waals surface area contributed by atoms with Gasteiger partial charge in [-0.2, -0.15) is 0 Å². The minimum atomic E-state index is -0.209. The van der Waals surface area contributed by atoms with Gasteiger partial charge in [0, 0.05) is 16.2 Å². The molecule has 0 saturated heterocycles. The lowest BCUT2D eigenvalue weighted by Gasteiger charge is -2.08. The average molecular weight is 321 g/mol. The van der Waals surface area contributed by atoms with E-state index in [-0.39, 0.29) is 18.1 Å². The number of para-hydroxylation sites is 1. The summed E-state index contributed by atoms with van der Waals surface area (Å²) in [5.41, 5.74) is 1.47. The third-order valence-electron chi connectivity index (χ3n) is 2.65. The highest BCUT2D eigenvalue weighted by Crippen LogP contribution is 2.19. The number of phenolic OH excluding ortho intramolecular Hbond substituents is 1. The van der Waals surface area contributed by atoms with E-state index in [4.69, 9.17) is 0 Å². The van der Waals surface area contributed by atoms with Gasteiger partial charge in [0.15, 0.2) is 0 Å². The van der Waals surface area contributed by atoms with Crippen LogP contribution in [0.4, 0.5) is 5.82 Å². The molecule has 0 saturated carbocycles. The van der Waals surface area contributed by atoms with Crippen LogP contribution in [0.2, 0.25) is 0 Å². The predicted molar refractivity (Wildman–Crippen MR) is 77.1 cm³/mol. The van der Waals surface area contributed by atoms with Gasteiger partial charge in [-0.05, 0) is 40.5 Å². The van der Waals surface area contributed by atoms with Crippen LogP contribution < -0.4 is 5.32 Å². The van der Waals surface area contributed by atoms with Crippen LogP contribution in [0, 0.1) is 6.92 Å². The van der Waals surface area contributed by atoms with Crippen LogP contribution >= 0.6 is 15.9 Å². The van der Waals surface area contributed by atoms with Gasteiger partial charge in [0.25, 0.3) is 0 Å². The fourth-order valence-electron chi connectivity index (χ4n) is 1.68.